The molecule has 282 valence electrons. The highest BCUT2D eigenvalue weighted by Crippen LogP contribution is 2.41. The highest BCUT2D eigenvalue weighted by Gasteiger charge is 2.25. The summed E-state index contributed by atoms with van der Waals surface area (Å²) in [5.74, 6) is 4.51. The van der Waals surface area contributed by atoms with Crippen LogP contribution in [0.3, 0.4) is 0 Å². The molecule has 0 aromatic heterocycles. The van der Waals surface area contributed by atoms with E-state index in [1.807, 2.05) is 54.6 Å². The number of unbranched alkanes of at least 4 members (excludes halogenated alkanes) is 4. The lowest BCUT2D eigenvalue weighted by Crippen LogP contribution is -2.38. The van der Waals surface area contributed by atoms with Gasteiger partial charge in [0.25, 0.3) is 5.91 Å². The third-order valence-corrected chi connectivity index (χ3v) is 8.99. The zero-order chi connectivity index (χ0) is 37.7. The number of rotatable bonds is 19. The molecule has 12 heteroatoms. The predicted molar refractivity (Wildman–Crippen MR) is 207 cm³/mol. The molecule has 1 atom stereocenters. The predicted octanol–water partition coefficient (Wildman–Crippen LogP) is 8.82. The van der Waals surface area contributed by atoms with Crippen LogP contribution in [0.25, 0.3) is 12.2 Å². The van der Waals surface area contributed by atoms with E-state index in [9.17, 15) is 4.79 Å². The maximum absolute atomic E-state index is 12.7. The van der Waals surface area contributed by atoms with E-state index in [4.69, 9.17) is 49.5 Å². The molecule has 11 nitrogen and oxygen atoms in total. The van der Waals surface area contributed by atoms with E-state index in [2.05, 4.69) is 10.6 Å². The van der Waals surface area contributed by atoms with Gasteiger partial charge in [0.05, 0.1) is 61.4 Å². The second kappa shape index (κ2) is 18.9. The van der Waals surface area contributed by atoms with Crippen LogP contribution < -0.4 is 48.5 Å². The molecule has 0 saturated heterocycles. The summed E-state index contributed by atoms with van der Waals surface area (Å²) in [4.78, 5) is 12.7. The molecule has 0 radical (unpaired) electrons. The lowest BCUT2D eigenvalue weighted by Gasteiger charge is -2.28. The van der Waals surface area contributed by atoms with Gasteiger partial charge >= 0.3 is 0 Å². The Balaban J connectivity index is 1.06. The number of carbonyl (C=O) groups excluding carboxylic acids is 1. The average molecular weight is 747 g/mol. The van der Waals surface area contributed by atoms with Crippen LogP contribution in [0.5, 0.6) is 46.0 Å². The SMILES string of the molecule is COc1cc(C2NC(=O)c3cc(Cl)ccc3N2)ccc1OCCCCCCCOc1c(OC)cc(C=Cc2cc(OC)c(OC)c(OC)c2)cc1OC. The molecule has 2 N–H and O–H groups in total. The number of halogens is 1. The molecular weight excluding hydrogens is 700 g/mol. The quantitative estimate of drug-likeness (QED) is 0.0713. The van der Waals surface area contributed by atoms with Gasteiger partial charge in [-0.15, -0.1) is 0 Å². The lowest BCUT2D eigenvalue weighted by molar-refractivity contribution is 0.0935. The summed E-state index contributed by atoms with van der Waals surface area (Å²) in [5, 5.41) is 6.82. The minimum Gasteiger partial charge on any atom is -0.493 e. The van der Waals surface area contributed by atoms with Crippen molar-refractivity contribution in [3.63, 3.8) is 0 Å². The van der Waals surface area contributed by atoms with Crippen LogP contribution in [0.2, 0.25) is 5.02 Å². The monoisotopic (exact) mass is 746 g/mol. The third kappa shape index (κ3) is 9.72. The van der Waals surface area contributed by atoms with Crippen LogP contribution in [0.4, 0.5) is 5.69 Å². The Labute approximate surface area is 316 Å². The fourth-order valence-corrected chi connectivity index (χ4v) is 6.17. The van der Waals surface area contributed by atoms with Crippen LogP contribution in [0.1, 0.15) is 65.3 Å². The van der Waals surface area contributed by atoms with Crippen molar-refractivity contribution in [2.45, 2.75) is 38.3 Å². The van der Waals surface area contributed by atoms with Crippen molar-refractivity contribution in [2.24, 2.45) is 0 Å². The summed E-state index contributed by atoms with van der Waals surface area (Å²) in [6.07, 6.45) is 8.35. The number of fused-ring (bicyclic) bond motifs is 1. The second-order valence-electron chi connectivity index (χ2n) is 12.2. The van der Waals surface area contributed by atoms with Crippen LogP contribution in [-0.4, -0.2) is 61.8 Å². The number of carbonyl (C=O) groups is 1. The molecule has 4 aromatic carbocycles. The molecule has 0 aliphatic carbocycles. The molecule has 1 amide bonds. The molecule has 5 rings (SSSR count). The third-order valence-electron chi connectivity index (χ3n) is 8.75. The van der Waals surface area contributed by atoms with Gasteiger partial charge in [-0.25, -0.2) is 0 Å². The summed E-state index contributed by atoms with van der Waals surface area (Å²) < 4.78 is 45.6. The Bertz CT molecular complexity index is 1850. The minimum absolute atomic E-state index is 0.190. The highest BCUT2D eigenvalue weighted by atomic mass is 35.5. The zero-order valence-electron chi connectivity index (χ0n) is 31.0. The van der Waals surface area contributed by atoms with Gasteiger partial charge in [0, 0.05) is 10.7 Å². The first-order valence-electron chi connectivity index (χ1n) is 17.4. The molecule has 0 saturated carbocycles. The first-order valence-corrected chi connectivity index (χ1v) is 17.7. The molecule has 0 spiro atoms. The van der Waals surface area contributed by atoms with E-state index < -0.39 is 6.17 Å². The van der Waals surface area contributed by atoms with Crippen molar-refractivity contribution in [3.05, 3.63) is 87.9 Å². The van der Waals surface area contributed by atoms with Crippen LogP contribution in [0, 0.1) is 0 Å². The minimum atomic E-state index is -0.409. The van der Waals surface area contributed by atoms with E-state index in [1.165, 1.54) is 0 Å². The average Bonchev–Trinajstić information content (AvgIpc) is 3.18. The number of benzene rings is 4. The van der Waals surface area contributed by atoms with Gasteiger partial charge in [0.2, 0.25) is 11.5 Å². The van der Waals surface area contributed by atoms with Gasteiger partial charge in [-0.05, 0) is 84.1 Å². The first kappa shape index (κ1) is 38.8. The number of anilines is 1. The van der Waals surface area contributed by atoms with Gasteiger partial charge < -0.3 is 48.5 Å². The maximum Gasteiger partial charge on any atom is 0.255 e. The molecule has 0 fully saturated rings. The largest absolute Gasteiger partial charge is 0.493 e. The van der Waals surface area contributed by atoms with Crippen LogP contribution in [-0.2, 0) is 0 Å². The fourth-order valence-electron chi connectivity index (χ4n) is 6.00. The maximum atomic E-state index is 12.7. The molecule has 0 bridgehead atoms. The van der Waals surface area contributed by atoms with Gasteiger partial charge in [0.15, 0.2) is 34.5 Å². The Morgan fingerprint density at radius 1 is 0.566 bits per heavy atom. The second-order valence-corrected chi connectivity index (χ2v) is 12.6. The van der Waals surface area contributed by atoms with Crippen molar-refractivity contribution in [3.8, 4) is 46.0 Å². The van der Waals surface area contributed by atoms with Gasteiger partial charge in [-0.1, -0.05) is 49.1 Å². The van der Waals surface area contributed by atoms with E-state index in [0.29, 0.717) is 69.8 Å². The van der Waals surface area contributed by atoms with Crippen molar-refractivity contribution in [1.29, 1.82) is 0 Å². The topological polar surface area (TPSA) is 115 Å². The number of ether oxygens (including phenoxy) is 8. The van der Waals surface area contributed by atoms with Crippen molar-refractivity contribution in [2.75, 3.05) is 61.2 Å². The Morgan fingerprint density at radius 3 is 1.68 bits per heavy atom. The molecular formula is C41H47ClN2O9. The van der Waals surface area contributed by atoms with E-state index in [-0.39, 0.29) is 5.91 Å². The summed E-state index contributed by atoms with van der Waals surface area (Å²) in [6.45, 7) is 1.09. The first-order chi connectivity index (χ1) is 25.8. The molecule has 1 unspecified atom stereocenters. The highest BCUT2D eigenvalue weighted by molar-refractivity contribution is 6.31. The van der Waals surface area contributed by atoms with E-state index >= 15 is 0 Å². The Kier molecular flexibility index (Phi) is 13.8. The standard InChI is InChI=1S/C41H47ClN2O9/c1-46-33-24-28(40-43-31-16-15-29(42)25-30(31)41(45)44-40)14-17-32(33)52-18-10-8-7-9-11-19-53-39-36(49-4)22-27(23-37(39)50-5)13-12-26-20-34(47-2)38(51-6)35(21-26)48-3/h12-17,20-25,40,43H,7-11,18-19H2,1-6H3,(H,44,45). The van der Waals surface area contributed by atoms with Crippen molar-refractivity contribution >= 4 is 35.3 Å². The number of amides is 1. The van der Waals surface area contributed by atoms with E-state index in [0.717, 1.165) is 54.5 Å². The summed E-state index contributed by atoms with van der Waals surface area (Å²) >= 11 is 6.06. The molecule has 1 aliphatic rings. The number of nitrogens with one attached hydrogen (secondary N) is 2. The van der Waals surface area contributed by atoms with Crippen LogP contribution >= 0.6 is 11.6 Å². The zero-order valence-corrected chi connectivity index (χ0v) is 31.8. The smallest absolute Gasteiger partial charge is 0.255 e. The Morgan fingerprint density at radius 2 is 1.11 bits per heavy atom. The number of hydrogen-bond acceptors (Lipinski definition) is 10. The van der Waals surface area contributed by atoms with Crippen LogP contribution in [0.15, 0.2) is 60.7 Å². The lowest BCUT2D eigenvalue weighted by atomic mass is 10.1. The van der Waals surface area contributed by atoms with Gasteiger partial charge in [-0.3, -0.25) is 4.79 Å². The molecule has 4 aromatic rings. The number of hydrogen-bond donors (Lipinski definition) is 2. The van der Waals surface area contributed by atoms with E-state index in [1.54, 1.807) is 60.9 Å². The van der Waals surface area contributed by atoms with Crippen molar-refractivity contribution in [1.82, 2.24) is 5.32 Å². The fraction of sp³-hybridized carbons (Fsp3) is 0.341. The van der Waals surface area contributed by atoms with Gasteiger partial charge in [-0.2, -0.15) is 0 Å². The Hall–Kier alpha value is -5.42. The normalized spacial score (nSPS) is 13.4. The number of methoxy groups -OCH3 is 6. The summed E-state index contributed by atoms with van der Waals surface area (Å²) in [6, 6.07) is 18.5. The molecule has 1 heterocycles. The summed E-state index contributed by atoms with van der Waals surface area (Å²) in [7, 11) is 9.59. The summed E-state index contributed by atoms with van der Waals surface area (Å²) in [5.41, 5.74) is 3.84. The van der Waals surface area contributed by atoms with Gasteiger partial charge in [0.1, 0.15) is 6.17 Å². The molecule has 53 heavy (non-hydrogen) atoms. The molecule has 1 aliphatic heterocycles. The van der Waals surface area contributed by atoms with Crippen molar-refractivity contribution < 1.29 is 42.7 Å².